The molecule has 0 spiro atoms. The molecule has 1 unspecified atom stereocenters. The first kappa shape index (κ1) is 10.6. The molecule has 82 valence electrons. The Morgan fingerprint density at radius 3 is 3.13 bits per heavy atom. The van der Waals surface area contributed by atoms with Crippen LogP contribution in [0.25, 0.3) is 0 Å². The average molecular weight is 226 g/mol. The topological polar surface area (TPSA) is 37.0 Å². The molecule has 0 aromatic carbocycles. The summed E-state index contributed by atoms with van der Waals surface area (Å²) >= 11 is 5.87. The Hall–Kier alpha value is -0.960. The quantitative estimate of drug-likeness (QED) is 0.813. The number of nitrogens with one attached hydrogen (secondary N) is 2. The van der Waals surface area contributed by atoms with Crippen LogP contribution in [0.1, 0.15) is 20.3 Å². The Kier molecular flexibility index (Phi) is 3.00. The van der Waals surface area contributed by atoms with E-state index < -0.39 is 0 Å². The van der Waals surface area contributed by atoms with Gasteiger partial charge in [-0.15, -0.1) is 0 Å². The molecule has 0 fully saturated rings. The highest BCUT2D eigenvalue weighted by atomic mass is 35.5. The van der Waals surface area contributed by atoms with Crippen LogP contribution in [0.4, 0.5) is 11.5 Å². The van der Waals surface area contributed by atoms with Crippen molar-refractivity contribution in [2.24, 2.45) is 5.92 Å². The van der Waals surface area contributed by atoms with Crippen LogP contribution in [0, 0.1) is 5.92 Å². The summed E-state index contributed by atoms with van der Waals surface area (Å²) in [4.78, 5) is 4.27. The molecule has 0 saturated heterocycles. The Labute approximate surface area is 95.2 Å². The lowest BCUT2D eigenvalue weighted by molar-refractivity contribution is 0.524. The number of nitrogens with zero attached hydrogens (tertiary/aromatic N) is 1. The van der Waals surface area contributed by atoms with E-state index in [1.165, 1.54) is 0 Å². The van der Waals surface area contributed by atoms with Gasteiger partial charge in [0, 0.05) is 18.8 Å². The summed E-state index contributed by atoms with van der Waals surface area (Å²) in [5, 5.41) is 7.44. The Bertz CT molecular complexity index is 352. The van der Waals surface area contributed by atoms with Crippen molar-refractivity contribution in [1.29, 1.82) is 0 Å². The van der Waals surface area contributed by atoms with Crippen LogP contribution in [-0.4, -0.2) is 17.6 Å². The van der Waals surface area contributed by atoms with Gasteiger partial charge < -0.3 is 10.6 Å². The van der Waals surface area contributed by atoms with Crippen molar-refractivity contribution in [3.8, 4) is 0 Å². The molecular weight excluding hydrogens is 210 g/mol. The van der Waals surface area contributed by atoms with Gasteiger partial charge in [0.1, 0.15) is 5.82 Å². The van der Waals surface area contributed by atoms with Gasteiger partial charge in [-0.2, -0.15) is 0 Å². The average Bonchev–Trinajstić information content (AvgIpc) is 2.17. The second kappa shape index (κ2) is 4.27. The van der Waals surface area contributed by atoms with E-state index in [-0.39, 0.29) is 0 Å². The maximum Gasteiger partial charge on any atom is 0.149 e. The Morgan fingerprint density at radius 1 is 1.60 bits per heavy atom. The molecule has 1 aromatic heterocycles. The van der Waals surface area contributed by atoms with Gasteiger partial charge in [-0.05, 0) is 18.4 Å². The molecule has 2 N–H and O–H groups in total. The predicted octanol–water partition coefficient (Wildman–Crippen LogP) is 2.99. The molecule has 15 heavy (non-hydrogen) atoms. The third-order valence-corrected chi connectivity index (χ3v) is 2.70. The second-order valence-corrected chi connectivity index (χ2v) is 4.84. The minimum Gasteiger partial charge on any atom is -0.380 e. The Morgan fingerprint density at radius 2 is 2.40 bits per heavy atom. The van der Waals surface area contributed by atoms with Crippen molar-refractivity contribution >= 4 is 23.1 Å². The number of rotatable bonds is 2. The van der Waals surface area contributed by atoms with Gasteiger partial charge in [-0.25, -0.2) is 4.98 Å². The van der Waals surface area contributed by atoms with Gasteiger partial charge in [-0.3, -0.25) is 0 Å². The summed E-state index contributed by atoms with van der Waals surface area (Å²) in [5.74, 6) is 1.61. The van der Waals surface area contributed by atoms with E-state index in [1.54, 1.807) is 6.20 Å². The Balaban J connectivity index is 2.10. The zero-order valence-corrected chi connectivity index (χ0v) is 9.80. The highest BCUT2D eigenvalue weighted by Crippen LogP contribution is 2.27. The van der Waals surface area contributed by atoms with Crippen LogP contribution in [0.5, 0.6) is 0 Å². The lowest BCUT2D eigenvalue weighted by Gasteiger charge is -2.28. The van der Waals surface area contributed by atoms with Crippen LogP contribution in [-0.2, 0) is 0 Å². The molecule has 4 heteroatoms. The number of fused-ring (bicyclic) bond motifs is 1. The molecule has 1 aliphatic rings. The SMILES string of the molecule is CC(C)CC1CNc2cc(Cl)cnc2N1. The van der Waals surface area contributed by atoms with E-state index in [1.807, 2.05) is 6.07 Å². The molecule has 0 saturated carbocycles. The van der Waals surface area contributed by atoms with Crippen molar-refractivity contribution in [3.05, 3.63) is 17.3 Å². The first-order chi connectivity index (χ1) is 7.15. The molecule has 0 bridgehead atoms. The molecule has 0 radical (unpaired) electrons. The monoisotopic (exact) mass is 225 g/mol. The summed E-state index contributed by atoms with van der Waals surface area (Å²) in [6.07, 6.45) is 2.82. The highest BCUT2D eigenvalue weighted by Gasteiger charge is 2.18. The van der Waals surface area contributed by atoms with Crippen LogP contribution in [0.2, 0.25) is 5.02 Å². The fraction of sp³-hybridized carbons (Fsp3) is 0.545. The van der Waals surface area contributed by atoms with Crippen molar-refractivity contribution in [3.63, 3.8) is 0 Å². The number of pyridine rings is 1. The van der Waals surface area contributed by atoms with Crippen LogP contribution in [0.3, 0.4) is 0 Å². The smallest absolute Gasteiger partial charge is 0.149 e. The van der Waals surface area contributed by atoms with Crippen molar-refractivity contribution in [2.45, 2.75) is 26.3 Å². The van der Waals surface area contributed by atoms with Gasteiger partial charge >= 0.3 is 0 Å². The van der Waals surface area contributed by atoms with Crippen LogP contribution < -0.4 is 10.6 Å². The molecule has 0 amide bonds. The first-order valence-electron chi connectivity index (χ1n) is 5.31. The zero-order chi connectivity index (χ0) is 10.8. The van der Waals surface area contributed by atoms with E-state index in [0.717, 1.165) is 24.5 Å². The van der Waals surface area contributed by atoms with Crippen molar-refractivity contribution in [2.75, 3.05) is 17.2 Å². The molecule has 2 rings (SSSR count). The summed E-state index contributed by atoms with van der Waals surface area (Å²) in [5.41, 5.74) is 1.00. The maximum atomic E-state index is 5.87. The fourth-order valence-electron chi connectivity index (χ4n) is 1.88. The summed E-state index contributed by atoms with van der Waals surface area (Å²) in [6.45, 7) is 5.40. The van der Waals surface area contributed by atoms with Crippen molar-refractivity contribution in [1.82, 2.24) is 4.98 Å². The third kappa shape index (κ3) is 2.53. The standard InChI is InChI=1S/C11H16ClN3/c1-7(2)3-9-6-13-10-4-8(12)5-14-11(10)15-9/h4-5,7,9,13H,3,6H2,1-2H3,(H,14,15). The summed E-state index contributed by atoms with van der Waals surface area (Å²) in [6, 6.07) is 2.37. The normalized spacial score (nSPS) is 19.3. The number of hydrogen-bond donors (Lipinski definition) is 2. The van der Waals surface area contributed by atoms with Gasteiger partial charge in [0.05, 0.1) is 10.7 Å². The lowest BCUT2D eigenvalue weighted by atomic mass is 10.0. The zero-order valence-electron chi connectivity index (χ0n) is 9.05. The molecule has 1 aromatic rings. The van der Waals surface area contributed by atoms with E-state index in [2.05, 4.69) is 29.5 Å². The molecule has 3 nitrogen and oxygen atoms in total. The third-order valence-electron chi connectivity index (χ3n) is 2.49. The van der Waals surface area contributed by atoms with Gasteiger partial charge in [0.25, 0.3) is 0 Å². The largest absolute Gasteiger partial charge is 0.380 e. The lowest BCUT2D eigenvalue weighted by Crippen LogP contribution is -2.34. The molecular formula is C11H16ClN3. The van der Waals surface area contributed by atoms with E-state index in [4.69, 9.17) is 11.6 Å². The summed E-state index contributed by atoms with van der Waals surface area (Å²) < 4.78 is 0. The molecule has 2 heterocycles. The van der Waals surface area contributed by atoms with Crippen LogP contribution in [0.15, 0.2) is 12.3 Å². The van der Waals surface area contributed by atoms with Crippen LogP contribution >= 0.6 is 11.6 Å². The van der Waals surface area contributed by atoms with E-state index in [9.17, 15) is 0 Å². The second-order valence-electron chi connectivity index (χ2n) is 4.40. The molecule has 0 aliphatic carbocycles. The highest BCUT2D eigenvalue weighted by molar-refractivity contribution is 6.30. The minimum atomic E-state index is 0.464. The number of halogens is 1. The minimum absolute atomic E-state index is 0.464. The van der Waals surface area contributed by atoms with Gasteiger partial charge in [0.2, 0.25) is 0 Å². The van der Waals surface area contributed by atoms with Gasteiger partial charge in [0.15, 0.2) is 0 Å². The summed E-state index contributed by atoms with van der Waals surface area (Å²) in [7, 11) is 0. The first-order valence-corrected chi connectivity index (χ1v) is 5.69. The number of aromatic nitrogens is 1. The fourth-order valence-corrected chi connectivity index (χ4v) is 2.04. The van der Waals surface area contributed by atoms with Crippen molar-refractivity contribution < 1.29 is 0 Å². The molecule has 1 aliphatic heterocycles. The van der Waals surface area contributed by atoms with Gasteiger partial charge in [-0.1, -0.05) is 25.4 Å². The maximum absolute atomic E-state index is 5.87. The predicted molar refractivity (Wildman–Crippen MR) is 64.6 cm³/mol. The molecule has 1 atom stereocenters. The van der Waals surface area contributed by atoms with E-state index in [0.29, 0.717) is 17.0 Å². The van der Waals surface area contributed by atoms with E-state index >= 15 is 0 Å². The number of hydrogen-bond acceptors (Lipinski definition) is 3. The number of anilines is 2.